The predicted octanol–water partition coefficient (Wildman–Crippen LogP) is 0.832. The van der Waals surface area contributed by atoms with Gasteiger partial charge in [-0.25, -0.2) is 0 Å². The number of rotatable bonds is 3. The third-order valence-electron chi connectivity index (χ3n) is 4.43. The van der Waals surface area contributed by atoms with Crippen molar-refractivity contribution >= 4 is 23.6 Å². The first kappa shape index (κ1) is 16.4. The SMILES string of the molecule is Cn1cccc1C(=O)N1CCOC[C@@H]1CC(=O)N1CCSCC1. The highest BCUT2D eigenvalue weighted by Crippen LogP contribution is 2.18. The molecule has 0 bridgehead atoms. The summed E-state index contributed by atoms with van der Waals surface area (Å²) >= 11 is 1.88. The number of hydrogen-bond donors (Lipinski definition) is 0. The van der Waals surface area contributed by atoms with Crippen molar-refractivity contribution in [2.45, 2.75) is 12.5 Å². The molecule has 0 radical (unpaired) electrons. The summed E-state index contributed by atoms with van der Waals surface area (Å²) < 4.78 is 7.34. The van der Waals surface area contributed by atoms with E-state index in [2.05, 4.69) is 0 Å². The van der Waals surface area contributed by atoms with Crippen molar-refractivity contribution in [3.05, 3.63) is 24.0 Å². The topological polar surface area (TPSA) is 54.8 Å². The maximum absolute atomic E-state index is 12.8. The van der Waals surface area contributed by atoms with Crippen LogP contribution in [0.25, 0.3) is 0 Å². The van der Waals surface area contributed by atoms with Crippen molar-refractivity contribution in [2.24, 2.45) is 7.05 Å². The largest absolute Gasteiger partial charge is 0.377 e. The number of aromatic nitrogens is 1. The van der Waals surface area contributed by atoms with Gasteiger partial charge in [-0.3, -0.25) is 9.59 Å². The van der Waals surface area contributed by atoms with Gasteiger partial charge in [-0.1, -0.05) is 0 Å². The van der Waals surface area contributed by atoms with Crippen molar-refractivity contribution in [3.8, 4) is 0 Å². The van der Waals surface area contributed by atoms with E-state index in [1.165, 1.54) is 0 Å². The van der Waals surface area contributed by atoms with Crippen molar-refractivity contribution in [1.29, 1.82) is 0 Å². The summed E-state index contributed by atoms with van der Waals surface area (Å²) in [6.45, 7) is 3.12. The fraction of sp³-hybridized carbons (Fsp3) is 0.625. The first-order valence-corrected chi connectivity index (χ1v) is 9.18. The Labute approximate surface area is 140 Å². The molecule has 0 aliphatic carbocycles. The Balaban J connectivity index is 1.67. The zero-order chi connectivity index (χ0) is 16.2. The Bertz CT molecular complexity index is 569. The molecule has 7 heteroatoms. The lowest BCUT2D eigenvalue weighted by Gasteiger charge is -2.37. The quantitative estimate of drug-likeness (QED) is 0.820. The van der Waals surface area contributed by atoms with Crippen LogP contribution in [-0.4, -0.2) is 76.6 Å². The van der Waals surface area contributed by atoms with Crippen LogP contribution in [0.15, 0.2) is 18.3 Å². The molecule has 0 N–H and O–H groups in total. The van der Waals surface area contributed by atoms with E-state index in [1.54, 1.807) is 4.90 Å². The van der Waals surface area contributed by atoms with Gasteiger partial charge in [0.2, 0.25) is 5.91 Å². The molecular weight excluding hydrogens is 314 g/mol. The number of carbonyl (C=O) groups is 2. The third-order valence-corrected chi connectivity index (χ3v) is 5.37. The molecule has 23 heavy (non-hydrogen) atoms. The van der Waals surface area contributed by atoms with Crippen LogP contribution in [0.1, 0.15) is 16.9 Å². The molecule has 6 nitrogen and oxygen atoms in total. The number of hydrogen-bond acceptors (Lipinski definition) is 4. The number of thioether (sulfide) groups is 1. The second-order valence-electron chi connectivity index (χ2n) is 5.93. The van der Waals surface area contributed by atoms with Crippen LogP contribution < -0.4 is 0 Å². The van der Waals surface area contributed by atoms with Crippen molar-refractivity contribution < 1.29 is 14.3 Å². The number of ether oxygens (including phenoxy) is 1. The normalized spacial score (nSPS) is 22.2. The smallest absolute Gasteiger partial charge is 0.270 e. The summed E-state index contributed by atoms with van der Waals surface area (Å²) in [5, 5.41) is 0. The van der Waals surface area contributed by atoms with Crippen LogP contribution in [-0.2, 0) is 16.6 Å². The zero-order valence-electron chi connectivity index (χ0n) is 13.4. The van der Waals surface area contributed by atoms with Crippen LogP contribution in [0.2, 0.25) is 0 Å². The highest BCUT2D eigenvalue weighted by atomic mass is 32.2. The molecule has 2 amide bonds. The maximum atomic E-state index is 12.8. The minimum absolute atomic E-state index is 0.0206. The second kappa shape index (κ2) is 7.40. The van der Waals surface area contributed by atoms with Gasteiger partial charge >= 0.3 is 0 Å². The van der Waals surface area contributed by atoms with Crippen LogP contribution >= 0.6 is 11.8 Å². The summed E-state index contributed by atoms with van der Waals surface area (Å²) in [7, 11) is 1.86. The molecule has 1 aromatic heterocycles. The molecule has 2 saturated heterocycles. The van der Waals surface area contributed by atoms with E-state index in [1.807, 2.05) is 46.6 Å². The van der Waals surface area contributed by atoms with E-state index in [0.717, 1.165) is 24.6 Å². The summed E-state index contributed by atoms with van der Waals surface area (Å²) in [6.07, 6.45) is 2.21. The Morgan fingerprint density at radius 3 is 2.78 bits per heavy atom. The van der Waals surface area contributed by atoms with E-state index < -0.39 is 0 Å². The van der Waals surface area contributed by atoms with E-state index in [9.17, 15) is 9.59 Å². The van der Waals surface area contributed by atoms with Gasteiger partial charge in [-0.15, -0.1) is 0 Å². The molecule has 0 spiro atoms. The lowest BCUT2D eigenvalue weighted by atomic mass is 10.1. The molecule has 126 valence electrons. The van der Waals surface area contributed by atoms with Gasteiger partial charge in [0.15, 0.2) is 0 Å². The number of nitrogens with zero attached hydrogens (tertiary/aromatic N) is 3. The van der Waals surface area contributed by atoms with E-state index in [0.29, 0.717) is 31.9 Å². The van der Waals surface area contributed by atoms with E-state index >= 15 is 0 Å². The number of amides is 2. The third kappa shape index (κ3) is 3.72. The van der Waals surface area contributed by atoms with Crippen LogP contribution in [0.3, 0.4) is 0 Å². The van der Waals surface area contributed by atoms with E-state index in [-0.39, 0.29) is 17.9 Å². The summed E-state index contributed by atoms with van der Waals surface area (Å²) in [6, 6.07) is 3.51. The second-order valence-corrected chi connectivity index (χ2v) is 7.15. The predicted molar refractivity (Wildman–Crippen MR) is 89.6 cm³/mol. The van der Waals surface area contributed by atoms with E-state index in [4.69, 9.17) is 4.74 Å². The molecule has 3 rings (SSSR count). The van der Waals surface area contributed by atoms with Gasteiger partial charge in [0.25, 0.3) is 5.91 Å². The van der Waals surface area contributed by atoms with Gasteiger partial charge in [-0.05, 0) is 12.1 Å². The summed E-state index contributed by atoms with van der Waals surface area (Å²) in [5.74, 6) is 2.11. The van der Waals surface area contributed by atoms with Gasteiger partial charge in [0.05, 0.1) is 19.3 Å². The van der Waals surface area contributed by atoms with Crippen LogP contribution in [0.4, 0.5) is 0 Å². The van der Waals surface area contributed by atoms with Crippen LogP contribution in [0.5, 0.6) is 0 Å². The van der Waals surface area contributed by atoms with Gasteiger partial charge in [0, 0.05) is 50.8 Å². The minimum atomic E-state index is -0.173. The maximum Gasteiger partial charge on any atom is 0.270 e. The highest BCUT2D eigenvalue weighted by Gasteiger charge is 2.32. The Kier molecular flexibility index (Phi) is 5.27. The fourth-order valence-electron chi connectivity index (χ4n) is 3.07. The molecule has 1 aromatic rings. The van der Waals surface area contributed by atoms with Gasteiger partial charge in [-0.2, -0.15) is 11.8 Å². The minimum Gasteiger partial charge on any atom is -0.377 e. The van der Waals surface area contributed by atoms with Crippen molar-refractivity contribution in [3.63, 3.8) is 0 Å². The molecule has 2 aliphatic rings. The average molecular weight is 337 g/mol. The lowest BCUT2D eigenvalue weighted by molar-refractivity contribution is -0.133. The first-order valence-electron chi connectivity index (χ1n) is 8.02. The highest BCUT2D eigenvalue weighted by molar-refractivity contribution is 7.99. The molecular formula is C16H23N3O3S. The average Bonchev–Trinajstić information content (AvgIpc) is 3.01. The van der Waals surface area contributed by atoms with Crippen LogP contribution in [0, 0.1) is 0 Å². The van der Waals surface area contributed by atoms with Gasteiger partial charge < -0.3 is 19.1 Å². The fourth-order valence-corrected chi connectivity index (χ4v) is 3.97. The lowest BCUT2D eigenvalue weighted by Crippen LogP contribution is -2.51. The molecule has 2 aliphatic heterocycles. The number of morpholine rings is 1. The first-order chi connectivity index (χ1) is 11.2. The molecule has 1 atom stereocenters. The Hall–Kier alpha value is -1.47. The molecule has 0 unspecified atom stereocenters. The summed E-state index contributed by atoms with van der Waals surface area (Å²) in [4.78, 5) is 29.0. The molecule has 0 aromatic carbocycles. The van der Waals surface area contributed by atoms with Gasteiger partial charge in [0.1, 0.15) is 5.69 Å². The molecule has 0 saturated carbocycles. The molecule has 3 heterocycles. The molecule has 2 fully saturated rings. The standard InChI is InChI=1S/C16H23N3O3S/c1-17-4-2-3-14(17)16(21)19-5-8-22-12-13(19)11-15(20)18-6-9-23-10-7-18/h2-4,13H,5-12H2,1H3/t13-/m0/s1. The zero-order valence-corrected chi connectivity index (χ0v) is 14.3. The summed E-state index contributed by atoms with van der Waals surface area (Å²) in [5.41, 5.74) is 0.652. The number of carbonyl (C=O) groups excluding carboxylic acids is 2. The Morgan fingerprint density at radius 1 is 1.30 bits per heavy atom. The Morgan fingerprint density at radius 2 is 2.09 bits per heavy atom. The number of aryl methyl sites for hydroxylation is 1. The van der Waals surface area contributed by atoms with Crippen molar-refractivity contribution in [2.75, 3.05) is 44.4 Å². The van der Waals surface area contributed by atoms with Crippen molar-refractivity contribution in [1.82, 2.24) is 14.4 Å². The monoisotopic (exact) mass is 337 g/mol.